The molecule has 2 N–H and O–H groups in total. The number of amides is 1. The van der Waals surface area contributed by atoms with Crippen LogP contribution in [0, 0.1) is 13.8 Å². The molecule has 1 heterocycles. The summed E-state index contributed by atoms with van der Waals surface area (Å²) in [6.07, 6.45) is 1.76. The van der Waals surface area contributed by atoms with Gasteiger partial charge in [-0.1, -0.05) is 24.3 Å². The van der Waals surface area contributed by atoms with Crippen molar-refractivity contribution in [2.24, 2.45) is 4.99 Å². The van der Waals surface area contributed by atoms with Crippen LogP contribution < -0.4 is 10.1 Å². The summed E-state index contributed by atoms with van der Waals surface area (Å²) in [5.74, 6) is -0.772. The number of aryl methyl sites for hydroxylation is 1. The molecule has 7 heteroatoms. The van der Waals surface area contributed by atoms with E-state index >= 15 is 0 Å². The molecule has 1 fully saturated rings. The molecule has 27 heavy (non-hydrogen) atoms. The quantitative estimate of drug-likeness (QED) is 0.771. The predicted molar refractivity (Wildman–Crippen MR) is 106 cm³/mol. The number of hydrogen-bond donors (Lipinski definition) is 2. The third kappa shape index (κ3) is 4.77. The van der Waals surface area contributed by atoms with E-state index in [-0.39, 0.29) is 5.91 Å². The Hall–Kier alpha value is -3.06. The summed E-state index contributed by atoms with van der Waals surface area (Å²) in [6.45, 7) is 3.63. The molecular formula is C20H18N2O4S. The highest BCUT2D eigenvalue weighted by molar-refractivity contribution is 8.18. The van der Waals surface area contributed by atoms with E-state index in [1.165, 1.54) is 11.8 Å². The molecule has 1 aliphatic rings. The van der Waals surface area contributed by atoms with E-state index in [0.717, 1.165) is 22.4 Å². The number of hydrogen-bond acceptors (Lipinski definition) is 5. The third-order valence-corrected chi connectivity index (χ3v) is 4.90. The van der Waals surface area contributed by atoms with E-state index in [1.807, 2.05) is 32.0 Å². The van der Waals surface area contributed by atoms with Crippen molar-refractivity contribution in [3.05, 3.63) is 64.1 Å². The lowest BCUT2D eigenvalue weighted by Gasteiger charge is -2.04. The number of nitrogens with zero attached hydrogens (tertiary/aromatic N) is 1. The van der Waals surface area contributed by atoms with Gasteiger partial charge < -0.3 is 15.2 Å². The monoisotopic (exact) mass is 382 g/mol. The van der Waals surface area contributed by atoms with Crippen molar-refractivity contribution in [3.8, 4) is 5.75 Å². The van der Waals surface area contributed by atoms with E-state index in [2.05, 4.69) is 10.3 Å². The number of carboxylic acid groups (broad SMARTS) is 1. The zero-order valence-corrected chi connectivity index (χ0v) is 15.7. The van der Waals surface area contributed by atoms with Crippen LogP contribution in [0.3, 0.4) is 0 Å². The number of carbonyl (C=O) groups excluding carboxylic acids is 1. The summed E-state index contributed by atoms with van der Waals surface area (Å²) in [5, 5.41) is 11.9. The largest absolute Gasteiger partial charge is 0.482 e. The third-order valence-electron chi connectivity index (χ3n) is 3.99. The van der Waals surface area contributed by atoms with Crippen LogP contribution in [0.15, 0.2) is 52.4 Å². The number of rotatable bonds is 5. The molecule has 0 unspecified atom stereocenters. The highest BCUT2D eigenvalue weighted by Gasteiger charge is 2.24. The highest BCUT2D eigenvalue weighted by Crippen LogP contribution is 2.30. The molecule has 0 aromatic heterocycles. The maximum absolute atomic E-state index is 12.2. The van der Waals surface area contributed by atoms with Gasteiger partial charge in [-0.15, -0.1) is 0 Å². The van der Waals surface area contributed by atoms with Gasteiger partial charge in [0.15, 0.2) is 11.8 Å². The van der Waals surface area contributed by atoms with Crippen LogP contribution in [-0.2, 0) is 9.59 Å². The summed E-state index contributed by atoms with van der Waals surface area (Å²) in [7, 11) is 0. The van der Waals surface area contributed by atoms with Crippen molar-refractivity contribution < 1.29 is 19.4 Å². The lowest BCUT2D eigenvalue weighted by molar-refractivity contribution is -0.139. The van der Waals surface area contributed by atoms with Crippen LogP contribution in [0.25, 0.3) is 6.08 Å². The predicted octanol–water partition coefficient (Wildman–Crippen LogP) is 3.66. The maximum Gasteiger partial charge on any atom is 0.341 e. The number of benzene rings is 2. The standard InChI is InChI=1S/C20H18N2O4S/c1-12-4-3-5-16(13(12)2)21-20-22-19(25)17(27-20)10-14-6-8-15(9-7-14)26-11-18(23)24/h3-10H,11H2,1-2H3,(H,23,24)(H,21,22,25)/b17-10+. The Morgan fingerprint density at radius 1 is 1.22 bits per heavy atom. The van der Waals surface area contributed by atoms with E-state index in [1.54, 1.807) is 30.3 Å². The van der Waals surface area contributed by atoms with Gasteiger partial charge in [-0.25, -0.2) is 9.79 Å². The van der Waals surface area contributed by atoms with Crippen LogP contribution in [0.1, 0.15) is 16.7 Å². The molecule has 138 valence electrons. The molecule has 0 atom stereocenters. The van der Waals surface area contributed by atoms with Crippen molar-refractivity contribution >= 4 is 40.6 Å². The average Bonchev–Trinajstić information content (AvgIpc) is 2.97. The van der Waals surface area contributed by atoms with E-state index in [9.17, 15) is 9.59 Å². The smallest absolute Gasteiger partial charge is 0.341 e. The Morgan fingerprint density at radius 3 is 2.67 bits per heavy atom. The zero-order chi connectivity index (χ0) is 19.4. The Morgan fingerprint density at radius 2 is 1.96 bits per heavy atom. The molecule has 0 bridgehead atoms. The normalized spacial score (nSPS) is 16.6. The molecule has 2 aromatic carbocycles. The number of amidine groups is 1. The van der Waals surface area contributed by atoms with Crippen LogP contribution >= 0.6 is 11.8 Å². The Kier molecular flexibility index (Phi) is 5.61. The second kappa shape index (κ2) is 8.09. The van der Waals surface area contributed by atoms with Gasteiger partial charge in [-0.3, -0.25) is 4.79 Å². The number of carboxylic acids is 1. The Bertz CT molecular complexity index is 949. The first-order valence-corrected chi connectivity index (χ1v) is 9.04. The molecule has 1 saturated heterocycles. The van der Waals surface area contributed by atoms with Crippen LogP contribution in [0.2, 0.25) is 0 Å². The first-order valence-electron chi connectivity index (χ1n) is 8.23. The van der Waals surface area contributed by atoms with E-state index in [4.69, 9.17) is 9.84 Å². The fraction of sp³-hybridized carbons (Fsp3) is 0.150. The zero-order valence-electron chi connectivity index (χ0n) is 14.9. The molecule has 0 radical (unpaired) electrons. The fourth-order valence-corrected chi connectivity index (χ4v) is 3.24. The van der Waals surface area contributed by atoms with E-state index < -0.39 is 12.6 Å². The fourth-order valence-electron chi connectivity index (χ4n) is 2.40. The molecule has 6 nitrogen and oxygen atoms in total. The number of thioether (sulfide) groups is 1. The van der Waals surface area contributed by atoms with E-state index in [0.29, 0.717) is 15.8 Å². The minimum atomic E-state index is -1.03. The molecule has 2 aromatic rings. The molecule has 1 amide bonds. The summed E-state index contributed by atoms with van der Waals surface area (Å²) in [4.78, 5) is 27.8. The Balaban J connectivity index is 1.74. The average molecular weight is 382 g/mol. The number of nitrogens with one attached hydrogen (secondary N) is 1. The second-order valence-electron chi connectivity index (χ2n) is 5.95. The molecule has 3 rings (SSSR count). The molecule has 0 spiro atoms. The van der Waals surface area contributed by atoms with Crippen molar-refractivity contribution in [1.82, 2.24) is 5.32 Å². The van der Waals surface area contributed by atoms with Gasteiger partial charge >= 0.3 is 5.97 Å². The highest BCUT2D eigenvalue weighted by atomic mass is 32.2. The molecule has 1 aliphatic heterocycles. The van der Waals surface area contributed by atoms with Gasteiger partial charge in [0.05, 0.1) is 10.6 Å². The molecule has 0 aliphatic carbocycles. The van der Waals surface area contributed by atoms with Crippen LogP contribution in [-0.4, -0.2) is 28.8 Å². The summed E-state index contributed by atoms with van der Waals surface area (Å²) < 4.78 is 5.09. The number of aliphatic imine (C=N–C) groups is 1. The molecule has 0 saturated carbocycles. The Labute approximate surface area is 161 Å². The van der Waals surface area contributed by atoms with Gasteiger partial charge in [0.2, 0.25) is 0 Å². The van der Waals surface area contributed by atoms with Crippen LogP contribution in [0.4, 0.5) is 5.69 Å². The lowest BCUT2D eigenvalue weighted by atomic mass is 10.1. The van der Waals surface area contributed by atoms with Crippen molar-refractivity contribution in [2.75, 3.05) is 6.61 Å². The minimum Gasteiger partial charge on any atom is -0.482 e. The van der Waals surface area contributed by atoms with Gasteiger partial charge in [0, 0.05) is 0 Å². The lowest BCUT2D eigenvalue weighted by Crippen LogP contribution is -2.19. The van der Waals surface area contributed by atoms with Gasteiger partial charge in [-0.05, 0) is 66.6 Å². The first kappa shape index (κ1) is 18.7. The first-order chi connectivity index (χ1) is 12.9. The number of ether oxygens (including phenoxy) is 1. The van der Waals surface area contributed by atoms with Crippen molar-refractivity contribution in [1.29, 1.82) is 0 Å². The van der Waals surface area contributed by atoms with Crippen molar-refractivity contribution in [3.63, 3.8) is 0 Å². The second-order valence-corrected chi connectivity index (χ2v) is 6.98. The van der Waals surface area contributed by atoms with Gasteiger partial charge in [-0.2, -0.15) is 0 Å². The summed E-state index contributed by atoms with van der Waals surface area (Å²) in [5.41, 5.74) is 3.86. The summed E-state index contributed by atoms with van der Waals surface area (Å²) >= 11 is 1.28. The maximum atomic E-state index is 12.2. The SMILES string of the molecule is Cc1cccc(N=C2NC(=O)/C(=C\c3ccc(OCC(=O)O)cc3)S2)c1C. The summed E-state index contributed by atoms with van der Waals surface area (Å²) in [6, 6.07) is 12.7. The number of aliphatic carboxylic acids is 1. The van der Waals surface area contributed by atoms with Gasteiger partial charge in [0.1, 0.15) is 5.75 Å². The molecular weight excluding hydrogens is 364 g/mol. The van der Waals surface area contributed by atoms with Crippen LogP contribution in [0.5, 0.6) is 5.75 Å². The topological polar surface area (TPSA) is 88.0 Å². The van der Waals surface area contributed by atoms with Crippen molar-refractivity contribution in [2.45, 2.75) is 13.8 Å². The number of carbonyl (C=O) groups is 2. The minimum absolute atomic E-state index is 0.199. The van der Waals surface area contributed by atoms with Gasteiger partial charge in [0.25, 0.3) is 5.91 Å².